The lowest BCUT2D eigenvalue weighted by molar-refractivity contribution is -0.153. The summed E-state index contributed by atoms with van der Waals surface area (Å²) in [6, 6.07) is 8.38. The van der Waals surface area contributed by atoms with Crippen LogP contribution in [0.15, 0.2) is 36.4 Å². The maximum absolute atomic E-state index is 13.6. The normalized spacial score (nSPS) is 16.6. The number of ketones is 1. The Morgan fingerprint density at radius 3 is 2.06 bits per heavy atom. The summed E-state index contributed by atoms with van der Waals surface area (Å²) in [6.45, 7) is 8.92. The molecule has 0 saturated carbocycles. The predicted octanol–water partition coefficient (Wildman–Crippen LogP) is 2.03. The molecule has 1 aromatic carbocycles. The maximum atomic E-state index is 13.6. The van der Waals surface area contributed by atoms with E-state index in [0.29, 0.717) is 0 Å². The molecule has 0 aliphatic carbocycles. The van der Waals surface area contributed by atoms with E-state index in [4.69, 9.17) is 11.6 Å². The summed E-state index contributed by atoms with van der Waals surface area (Å²) >= 11 is 0. The van der Waals surface area contributed by atoms with E-state index >= 15 is 0 Å². The summed E-state index contributed by atoms with van der Waals surface area (Å²) in [5.41, 5.74) is 9.14. The van der Waals surface area contributed by atoms with E-state index in [2.05, 4.69) is 5.43 Å². The van der Waals surface area contributed by atoms with Gasteiger partial charge in [-0.3, -0.25) is 25.0 Å². The van der Waals surface area contributed by atoms with Crippen LogP contribution in [-0.2, 0) is 14.4 Å². The summed E-state index contributed by atoms with van der Waals surface area (Å²) in [6.07, 6.45) is 3.67. The van der Waals surface area contributed by atoms with Crippen molar-refractivity contribution in [3.63, 3.8) is 0 Å². The van der Waals surface area contributed by atoms with E-state index in [1.165, 1.54) is 0 Å². The summed E-state index contributed by atoms with van der Waals surface area (Å²) in [5.74, 6) is 0.994. The van der Waals surface area contributed by atoms with Gasteiger partial charge in [-0.25, -0.2) is 11.3 Å². The third kappa shape index (κ3) is 6.22. The van der Waals surface area contributed by atoms with Crippen LogP contribution >= 0.6 is 0 Å². The van der Waals surface area contributed by atoms with Crippen LogP contribution in [0.5, 0.6) is 0 Å². The standard InChI is InChI=1S/C23H36N4O4/c1-14(2)13-18(21(29)26-25)19(22(30)27-31)23(15(3)4,20(28)16(5)24)12-11-17-9-7-6-8-10-17/h6-12,14-16,18-19,31H,13,24-25H2,1-5H3,(H,26,29)(H,27,30)/b12-11+/t16-,18-,19-,23?/m1/s1. The number of allylic oxidation sites excluding steroid dienone is 1. The molecule has 0 saturated heterocycles. The largest absolute Gasteiger partial charge is 0.322 e. The molecule has 2 amide bonds. The van der Waals surface area contributed by atoms with E-state index in [9.17, 15) is 19.6 Å². The highest BCUT2D eigenvalue weighted by molar-refractivity contribution is 5.99. The Kier molecular flexibility index (Phi) is 10.0. The third-order valence-electron chi connectivity index (χ3n) is 5.66. The van der Waals surface area contributed by atoms with Gasteiger partial charge in [-0.1, -0.05) is 70.2 Å². The summed E-state index contributed by atoms with van der Waals surface area (Å²) in [5, 5.41) is 9.56. The van der Waals surface area contributed by atoms with Crippen LogP contribution in [0.25, 0.3) is 6.08 Å². The van der Waals surface area contributed by atoms with Crippen LogP contribution in [0.2, 0.25) is 0 Å². The molecule has 1 rings (SSSR count). The monoisotopic (exact) mass is 432 g/mol. The van der Waals surface area contributed by atoms with Gasteiger partial charge in [0, 0.05) is 0 Å². The molecule has 31 heavy (non-hydrogen) atoms. The molecule has 1 unspecified atom stereocenters. The summed E-state index contributed by atoms with van der Waals surface area (Å²) in [7, 11) is 0. The minimum atomic E-state index is -1.47. The van der Waals surface area contributed by atoms with Crippen LogP contribution in [0.4, 0.5) is 0 Å². The molecule has 0 spiro atoms. The Labute approximate surface area is 184 Å². The van der Waals surface area contributed by atoms with E-state index in [1.54, 1.807) is 38.4 Å². The molecule has 4 atom stereocenters. The zero-order valence-electron chi connectivity index (χ0n) is 19.0. The second-order valence-electron chi connectivity index (χ2n) is 8.68. The first-order valence-electron chi connectivity index (χ1n) is 10.5. The zero-order chi connectivity index (χ0) is 23.8. The highest BCUT2D eigenvalue weighted by Gasteiger charge is 2.54. The molecule has 7 N–H and O–H groups in total. The smallest absolute Gasteiger partial charge is 0.248 e. The lowest BCUT2D eigenvalue weighted by atomic mass is 9.58. The van der Waals surface area contributed by atoms with Gasteiger partial charge in [0.2, 0.25) is 11.8 Å². The van der Waals surface area contributed by atoms with Crippen molar-refractivity contribution < 1.29 is 19.6 Å². The molecule has 0 heterocycles. The number of Topliss-reactive ketones (excluding diaryl/α,β-unsaturated/α-hetero) is 1. The first-order chi connectivity index (χ1) is 14.5. The Balaban J connectivity index is 3.86. The number of hydroxylamine groups is 1. The van der Waals surface area contributed by atoms with E-state index in [1.807, 2.05) is 44.2 Å². The van der Waals surface area contributed by atoms with Crippen molar-refractivity contribution in [3.05, 3.63) is 42.0 Å². The van der Waals surface area contributed by atoms with Crippen molar-refractivity contribution in [3.8, 4) is 0 Å². The SMILES string of the molecule is CC(C)C[C@@H](C(=O)NN)[C@H](C(=O)NO)C(/C=C/c1ccccc1)(C(=O)[C@@H](C)N)C(C)C. The van der Waals surface area contributed by atoms with Gasteiger partial charge in [-0.05, 0) is 30.7 Å². The number of nitrogens with two attached hydrogens (primary N) is 2. The molecular formula is C23H36N4O4. The molecule has 0 aliphatic rings. The van der Waals surface area contributed by atoms with Crippen LogP contribution in [0.1, 0.15) is 46.6 Å². The number of nitrogens with one attached hydrogen (secondary N) is 2. The Morgan fingerprint density at radius 2 is 1.65 bits per heavy atom. The average Bonchev–Trinajstić information content (AvgIpc) is 2.74. The van der Waals surface area contributed by atoms with Gasteiger partial charge < -0.3 is 5.73 Å². The molecule has 8 nitrogen and oxygen atoms in total. The lowest BCUT2D eigenvalue weighted by Crippen LogP contribution is -2.58. The van der Waals surface area contributed by atoms with Gasteiger partial charge in [0.25, 0.3) is 0 Å². The first-order valence-corrected chi connectivity index (χ1v) is 10.5. The van der Waals surface area contributed by atoms with Crippen LogP contribution < -0.4 is 22.5 Å². The maximum Gasteiger partial charge on any atom is 0.248 e. The zero-order valence-corrected chi connectivity index (χ0v) is 19.0. The minimum Gasteiger partial charge on any atom is -0.322 e. The molecule has 8 heteroatoms. The molecule has 1 aromatic rings. The molecule has 0 radical (unpaired) electrons. The highest BCUT2D eigenvalue weighted by atomic mass is 16.5. The highest BCUT2D eigenvalue weighted by Crippen LogP contribution is 2.45. The number of hydrazine groups is 1. The van der Waals surface area contributed by atoms with Crippen molar-refractivity contribution in [1.82, 2.24) is 10.9 Å². The fraction of sp³-hybridized carbons (Fsp3) is 0.522. The second-order valence-corrected chi connectivity index (χ2v) is 8.68. The molecule has 172 valence electrons. The third-order valence-corrected chi connectivity index (χ3v) is 5.66. The number of benzene rings is 1. The van der Waals surface area contributed by atoms with Crippen LogP contribution in [0.3, 0.4) is 0 Å². The summed E-state index contributed by atoms with van der Waals surface area (Å²) in [4.78, 5) is 39.4. The predicted molar refractivity (Wildman–Crippen MR) is 120 cm³/mol. The number of hydrogen-bond donors (Lipinski definition) is 5. The summed E-state index contributed by atoms with van der Waals surface area (Å²) < 4.78 is 0. The number of hydrogen-bond acceptors (Lipinski definition) is 6. The van der Waals surface area contributed by atoms with E-state index in [-0.39, 0.29) is 12.3 Å². The Bertz CT molecular complexity index is 777. The number of carbonyl (C=O) groups is 3. The van der Waals surface area contributed by atoms with Gasteiger partial charge in [-0.2, -0.15) is 0 Å². The molecule has 0 fully saturated rings. The second kappa shape index (κ2) is 11.7. The van der Waals surface area contributed by atoms with Crippen molar-refractivity contribution in [2.24, 2.45) is 40.7 Å². The molecule has 0 aromatic heterocycles. The lowest BCUT2D eigenvalue weighted by Gasteiger charge is -2.43. The Hall–Kier alpha value is -2.55. The number of amides is 2. The van der Waals surface area contributed by atoms with Crippen molar-refractivity contribution >= 4 is 23.7 Å². The molecular weight excluding hydrogens is 396 g/mol. The van der Waals surface area contributed by atoms with Gasteiger partial charge in [0.1, 0.15) is 0 Å². The minimum absolute atomic E-state index is 0.0182. The average molecular weight is 433 g/mol. The van der Waals surface area contributed by atoms with Crippen LogP contribution in [-0.4, -0.2) is 28.8 Å². The fourth-order valence-electron chi connectivity index (χ4n) is 4.18. The van der Waals surface area contributed by atoms with Crippen molar-refractivity contribution in [1.29, 1.82) is 0 Å². The van der Waals surface area contributed by atoms with Gasteiger partial charge in [-0.15, -0.1) is 0 Å². The van der Waals surface area contributed by atoms with Gasteiger partial charge >= 0.3 is 0 Å². The van der Waals surface area contributed by atoms with Crippen molar-refractivity contribution in [2.45, 2.75) is 47.1 Å². The quantitative estimate of drug-likeness (QED) is 0.156. The molecule has 0 bridgehead atoms. The number of rotatable bonds is 11. The van der Waals surface area contributed by atoms with Gasteiger partial charge in [0.15, 0.2) is 5.78 Å². The number of carbonyl (C=O) groups excluding carboxylic acids is 3. The fourth-order valence-corrected chi connectivity index (χ4v) is 4.18. The topological polar surface area (TPSA) is 148 Å². The van der Waals surface area contributed by atoms with Crippen LogP contribution in [0, 0.1) is 29.1 Å². The van der Waals surface area contributed by atoms with E-state index < -0.39 is 46.8 Å². The van der Waals surface area contributed by atoms with Gasteiger partial charge in [0.05, 0.1) is 23.3 Å². The Morgan fingerprint density at radius 1 is 1.06 bits per heavy atom. The first kappa shape index (κ1) is 26.5. The molecule has 0 aliphatic heterocycles. The van der Waals surface area contributed by atoms with Crippen molar-refractivity contribution in [2.75, 3.05) is 0 Å². The van der Waals surface area contributed by atoms with E-state index in [0.717, 1.165) is 5.56 Å².